The monoisotopic (exact) mass is 452 g/mol. The number of amides is 1. The molecule has 1 amide bonds. The van der Waals surface area contributed by atoms with Crippen molar-refractivity contribution in [1.29, 1.82) is 0 Å². The molecule has 1 aliphatic rings. The third-order valence-electron chi connectivity index (χ3n) is 5.31. The van der Waals surface area contributed by atoms with Crippen LogP contribution >= 0.6 is 11.3 Å². The van der Waals surface area contributed by atoms with Crippen LogP contribution in [0.1, 0.15) is 18.4 Å². The number of carbonyl (C=O) groups is 1. The van der Waals surface area contributed by atoms with Gasteiger partial charge in [0.2, 0.25) is 5.91 Å². The Hall–Kier alpha value is -3.04. The third-order valence-corrected chi connectivity index (χ3v) is 7.28. The topological polar surface area (TPSA) is 96.0 Å². The van der Waals surface area contributed by atoms with Gasteiger partial charge in [0.25, 0.3) is 0 Å². The Labute approximate surface area is 183 Å². The van der Waals surface area contributed by atoms with E-state index in [1.54, 1.807) is 35.4 Å². The number of anilines is 1. The zero-order valence-corrected chi connectivity index (χ0v) is 18.4. The summed E-state index contributed by atoms with van der Waals surface area (Å²) in [5.41, 5.74) is 3.36. The number of sulfone groups is 1. The van der Waals surface area contributed by atoms with Crippen molar-refractivity contribution in [1.82, 2.24) is 15.0 Å². The highest BCUT2D eigenvalue weighted by Gasteiger charge is 2.35. The van der Waals surface area contributed by atoms with Gasteiger partial charge in [0.1, 0.15) is 5.65 Å². The van der Waals surface area contributed by atoms with Crippen LogP contribution in [0.5, 0.6) is 0 Å². The van der Waals surface area contributed by atoms with Crippen molar-refractivity contribution in [2.24, 2.45) is 0 Å². The van der Waals surface area contributed by atoms with Crippen LogP contribution in [0.15, 0.2) is 59.1 Å². The van der Waals surface area contributed by atoms with Crippen molar-refractivity contribution >= 4 is 43.2 Å². The second kappa shape index (κ2) is 7.58. The predicted molar refractivity (Wildman–Crippen MR) is 121 cm³/mol. The number of hydrogen-bond donors (Lipinski definition) is 1. The minimum atomic E-state index is -3.26. The molecule has 1 aliphatic carbocycles. The molecule has 31 heavy (non-hydrogen) atoms. The molecule has 0 saturated heterocycles. The molecule has 7 nitrogen and oxygen atoms in total. The molecule has 5 rings (SSSR count). The maximum atomic E-state index is 13.1. The van der Waals surface area contributed by atoms with Crippen LogP contribution in [0.25, 0.3) is 22.3 Å². The Morgan fingerprint density at radius 1 is 1.23 bits per heavy atom. The number of hydrogen-bond acceptors (Lipinski definition) is 6. The molecule has 9 heteroatoms. The highest BCUT2D eigenvalue weighted by atomic mass is 32.2. The fourth-order valence-corrected chi connectivity index (χ4v) is 5.12. The fourth-order valence-electron chi connectivity index (χ4n) is 3.58. The second-order valence-electron chi connectivity index (χ2n) is 7.71. The van der Waals surface area contributed by atoms with Gasteiger partial charge in [0.05, 0.1) is 17.0 Å². The van der Waals surface area contributed by atoms with E-state index in [1.165, 1.54) is 17.6 Å². The number of nitrogens with zero attached hydrogens (tertiary/aromatic N) is 3. The smallest absolute Gasteiger partial charge is 0.233 e. The number of aromatic amines is 1. The quantitative estimate of drug-likeness (QED) is 0.480. The molecule has 0 spiro atoms. The normalized spacial score (nSPS) is 14.1. The van der Waals surface area contributed by atoms with Gasteiger partial charge >= 0.3 is 0 Å². The fraction of sp³-hybridized carbons (Fsp3) is 0.227. The number of H-pyrrole nitrogens is 1. The number of benzene rings is 1. The number of fused-ring (bicyclic) bond motifs is 1. The van der Waals surface area contributed by atoms with Crippen LogP contribution in [0.3, 0.4) is 0 Å². The Morgan fingerprint density at radius 3 is 2.71 bits per heavy atom. The third kappa shape index (κ3) is 3.98. The van der Waals surface area contributed by atoms with Crippen molar-refractivity contribution in [3.05, 3.63) is 59.7 Å². The highest BCUT2D eigenvalue weighted by molar-refractivity contribution is 7.90. The first-order valence-corrected chi connectivity index (χ1v) is 12.7. The van der Waals surface area contributed by atoms with Gasteiger partial charge in [0, 0.05) is 41.0 Å². The summed E-state index contributed by atoms with van der Waals surface area (Å²) in [5.74, 6) is -0.0314. The average Bonchev–Trinajstić information content (AvgIpc) is 3.29. The van der Waals surface area contributed by atoms with Crippen LogP contribution in [0.2, 0.25) is 0 Å². The van der Waals surface area contributed by atoms with Crippen LogP contribution < -0.4 is 4.90 Å². The number of carbonyl (C=O) groups excluding carboxylic acids is 1. The molecule has 0 unspecified atom stereocenters. The molecule has 3 aromatic heterocycles. The van der Waals surface area contributed by atoms with Crippen LogP contribution in [-0.4, -0.2) is 41.6 Å². The zero-order valence-electron chi connectivity index (χ0n) is 16.8. The van der Waals surface area contributed by atoms with Crippen molar-refractivity contribution < 1.29 is 13.2 Å². The molecule has 0 radical (unpaired) electrons. The van der Waals surface area contributed by atoms with E-state index in [1.807, 2.05) is 23.7 Å². The lowest BCUT2D eigenvalue weighted by molar-refractivity contribution is -0.118. The largest absolute Gasteiger partial charge is 0.345 e. The number of thiazole rings is 1. The van der Waals surface area contributed by atoms with Gasteiger partial charge in [0.15, 0.2) is 15.0 Å². The van der Waals surface area contributed by atoms with E-state index in [0.29, 0.717) is 5.13 Å². The van der Waals surface area contributed by atoms with E-state index in [0.717, 1.165) is 40.7 Å². The standard InChI is InChI=1S/C22H20N4O3S2/c1-31(28,29)16-8-4-14(5-9-16)11-20(27)26(15-6-7-15)22-25-19(13-30-22)18-12-24-21-17(18)3-2-10-23-21/h2-5,8-10,12-13,15H,6-7,11H2,1H3,(H,23,24). The van der Waals surface area contributed by atoms with Gasteiger partial charge < -0.3 is 4.98 Å². The summed E-state index contributed by atoms with van der Waals surface area (Å²) in [6, 6.07) is 10.6. The van der Waals surface area contributed by atoms with Crippen molar-refractivity contribution in [2.75, 3.05) is 11.2 Å². The van der Waals surface area contributed by atoms with Gasteiger partial charge in [-0.3, -0.25) is 9.69 Å². The minimum Gasteiger partial charge on any atom is -0.345 e. The molecule has 1 fully saturated rings. The second-order valence-corrected chi connectivity index (χ2v) is 10.6. The lowest BCUT2D eigenvalue weighted by atomic mass is 10.1. The van der Waals surface area contributed by atoms with E-state index >= 15 is 0 Å². The summed E-state index contributed by atoms with van der Waals surface area (Å²) in [6.07, 6.45) is 6.93. The van der Waals surface area contributed by atoms with Crippen molar-refractivity contribution in [3.63, 3.8) is 0 Å². The molecule has 3 heterocycles. The minimum absolute atomic E-state index is 0.0314. The molecule has 1 saturated carbocycles. The predicted octanol–water partition coefficient (Wildman–Crippen LogP) is 3.83. The Morgan fingerprint density at radius 2 is 2.00 bits per heavy atom. The first kappa shape index (κ1) is 19.9. The molecule has 0 atom stereocenters. The lowest BCUT2D eigenvalue weighted by Crippen LogP contribution is -2.34. The summed E-state index contributed by atoms with van der Waals surface area (Å²) in [6.45, 7) is 0. The van der Waals surface area contributed by atoms with E-state index in [-0.39, 0.29) is 23.3 Å². The molecule has 0 bridgehead atoms. The SMILES string of the molecule is CS(=O)(=O)c1ccc(CC(=O)N(c2nc(-c3c[nH]c4ncccc34)cs2)C2CC2)cc1. The summed E-state index contributed by atoms with van der Waals surface area (Å²) >= 11 is 1.46. The number of aromatic nitrogens is 3. The Balaban J connectivity index is 1.40. The average molecular weight is 453 g/mol. The van der Waals surface area contributed by atoms with Gasteiger partial charge in [-0.15, -0.1) is 11.3 Å². The molecule has 1 aromatic carbocycles. The summed E-state index contributed by atoms with van der Waals surface area (Å²) in [5, 5.41) is 3.65. The maximum Gasteiger partial charge on any atom is 0.233 e. The summed E-state index contributed by atoms with van der Waals surface area (Å²) in [7, 11) is -3.26. The van der Waals surface area contributed by atoms with E-state index in [4.69, 9.17) is 4.98 Å². The van der Waals surface area contributed by atoms with Crippen LogP contribution in [0, 0.1) is 0 Å². The van der Waals surface area contributed by atoms with Gasteiger partial charge in [-0.05, 0) is 42.7 Å². The summed E-state index contributed by atoms with van der Waals surface area (Å²) < 4.78 is 23.3. The van der Waals surface area contributed by atoms with Crippen LogP contribution in [-0.2, 0) is 21.1 Å². The Bertz CT molecular complexity index is 1370. The van der Waals surface area contributed by atoms with Crippen molar-refractivity contribution in [2.45, 2.75) is 30.2 Å². The Kier molecular flexibility index (Phi) is 4.86. The van der Waals surface area contributed by atoms with Gasteiger partial charge in [-0.25, -0.2) is 18.4 Å². The lowest BCUT2D eigenvalue weighted by Gasteiger charge is -2.19. The number of pyridine rings is 1. The maximum absolute atomic E-state index is 13.1. The number of nitrogens with one attached hydrogen (secondary N) is 1. The highest BCUT2D eigenvalue weighted by Crippen LogP contribution is 2.37. The molecule has 158 valence electrons. The van der Waals surface area contributed by atoms with E-state index in [2.05, 4.69) is 9.97 Å². The first-order valence-electron chi connectivity index (χ1n) is 9.89. The first-order chi connectivity index (χ1) is 14.9. The summed E-state index contributed by atoms with van der Waals surface area (Å²) in [4.78, 5) is 27.4. The zero-order chi connectivity index (χ0) is 21.6. The number of rotatable bonds is 6. The van der Waals surface area contributed by atoms with Gasteiger partial charge in [-0.1, -0.05) is 12.1 Å². The molecule has 4 aromatic rings. The van der Waals surface area contributed by atoms with Crippen molar-refractivity contribution in [3.8, 4) is 11.3 Å². The molecule has 1 N–H and O–H groups in total. The van der Waals surface area contributed by atoms with E-state index < -0.39 is 9.84 Å². The van der Waals surface area contributed by atoms with Crippen LogP contribution in [0.4, 0.5) is 5.13 Å². The molecular formula is C22H20N4O3S2. The molecular weight excluding hydrogens is 432 g/mol. The van der Waals surface area contributed by atoms with E-state index in [9.17, 15) is 13.2 Å². The van der Waals surface area contributed by atoms with Gasteiger partial charge in [-0.2, -0.15) is 0 Å². The molecule has 0 aliphatic heterocycles.